The zero-order valence-electron chi connectivity index (χ0n) is 17.2. The molecule has 0 amide bonds. The number of nitrogens with zero attached hydrogens (tertiary/aromatic N) is 2. The van der Waals surface area contributed by atoms with Gasteiger partial charge < -0.3 is 9.84 Å². The second kappa shape index (κ2) is 8.39. The first-order valence-electron chi connectivity index (χ1n) is 10.0. The number of carboxylic acids is 1. The van der Waals surface area contributed by atoms with Gasteiger partial charge in [0.1, 0.15) is 0 Å². The van der Waals surface area contributed by atoms with E-state index in [2.05, 4.69) is 15.2 Å². The molecule has 0 unspecified atom stereocenters. The number of benzene rings is 2. The Morgan fingerprint density at radius 2 is 1.74 bits per heavy atom. The van der Waals surface area contributed by atoms with Crippen molar-refractivity contribution in [1.82, 2.24) is 15.2 Å². The summed E-state index contributed by atoms with van der Waals surface area (Å²) in [4.78, 5) is 27.9. The summed E-state index contributed by atoms with van der Waals surface area (Å²) in [5.74, 6) is -1.28. The standard InChI is InChI=1S/C24H21N3O4/c1-3-14-13-17(9-10-18(14)23(28)29)20-12-11-19-21(26-27-22(19)25-20)15-5-7-16(8-6-15)24(30)31-4-2/h5-13H,3-4H2,1-2H3,(H,28,29)(H,25,26,27). The van der Waals surface area contributed by atoms with E-state index in [1.807, 2.05) is 37.3 Å². The first kappa shape index (κ1) is 20.3. The molecule has 0 saturated carbocycles. The fraction of sp³-hybridized carbons (Fsp3) is 0.167. The van der Waals surface area contributed by atoms with E-state index in [1.54, 1.807) is 31.2 Å². The molecule has 0 aliphatic heterocycles. The summed E-state index contributed by atoms with van der Waals surface area (Å²) in [6.07, 6.45) is 0.617. The normalized spacial score (nSPS) is 10.9. The Kier molecular flexibility index (Phi) is 5.49. The molecule has 7 heteroatoms. The van der Waals surface area contributed by atoms with Crippen LogP contribution in [0, 0.1) is 0 Å². The van der Waals surface area contributed by atoms with E-state index in [0.29, 0.717) is 29.8 Å². The second-order valence-electron chi connectivity index (χ2n) is 6.99. The number of carbonyl (C=O) groups excluding carboxylic acids is 1. The van der Waals surface area contributed by atoms with E-state index in [-0.39, 0.29) is 5.97 Å². The van der Waals surface area contributed by atoms with Crippen molar-refractivity contribution in [3.63, 3.8) is 0 Å². The van der Waals surface area contributed by atoms with E-state index in [4.69, 9.17) is 4.74 Å². The van der Waals surface area contributed by atoms with Crippen molar-refractivity contribution in [2.75, 3.05) is 6.61 Å². The highest BCUT2D eigenvalue weighted by Gasteiger charge is 2.14. The molecule has 7 nitrogen and oxygen atoms in total. The summed E-state index contributed by atoms with van der Waals surface area (Å²) in [5, 5.41) is 17.5. The van der Waals surface area contributed by atoms with Gasteiger partial charge >= 0.3 is 11.9 Å². The number of aromatic amines is 1. The van der Waals surface area contributed by atoms with Crippen LogP contribution >= 0.6 is 0 Å². The third-order valence-electron chi connectivity index (χ3n) is 5.12. The Labute approximate surface area is 178 Å². The fourth-order valence-electron chi connectivity index (χ4n) is 3.52. The van der Waals surface area contributed by atoms with Gasteiger partial charge in [-0.25, -0.2) is 14.6 Å². The lowest BCUT2D eigenvalue weighted by atomic mass is 9.99. The minimum atomic E-state index is -0.933. The van der Waals surface area contributed by atoms with Crippen LogP contribution in [0.15, 0.2) is 54.6 Å². The van der Waals surface area contributed by atoms with Crippen LogP contribution in [0.5, 0.6) is 0 Å². The Morgan fingerprint density at radius 1 is 1.00 bits per heavy atom. The Morgan fingerprint density at radius 3 is 2.42 bits per heavy atom. The van der Waals surface area contributed by atoms with Crippen molar-refractivity contribution in [1.29, 1.82) is 0 Å². The number of fused-ring (bicyclic) bond motifs is 1. The summed E-state index contributed by atoms with van der Waals surface area (Å²) in [6, 6.07) is 16.2. The fourth-order valence-corrected chi connectivity index (χ4v) is 3.52. The average molecular weight is 415 g/mol. The molecule has 0 saturated heterocycles. The quantitative estimate of drug-likeness (QED) is 0.441. The van der Waals surface area contributed by atoms with Gasteiger partial charge in [-0.3, -0.25) is 5.10 Å². The number of carboxylic acid groups (broad SMARTS) is 1. The maximum absolute atomic E-state index is 11.8. The maximum Gasteiger partial charge on any atom is 0.338 e. The summed E-state index contributed by atoms with van der Waals surface area (Å²) in [7, 11) is 0. The molecule has 31 heavy (non-hydrogen) atoms. The maximum atomic E-state index is 11.8. The summed E-state index contributed by atoms with van der Waals surface area (Å²) in [6.45, 7) is 4.03. The number of hydrogen-bond donors (Lipinski definition) is 2. The van der Waals surface area contributed by atoms with Crippen LogP contribution in [0.4, 0.5) is 0 Å². The van der Waals surface area contributed by atoms with Crippen LogP contribution in [-0.2, 0) is 11.2 Å². The molecule has 0 atom stereocenters. The van der Waals surface area contributed by atoms with Crippen LogP contribution in [0.25, 0.3) is 33.5 Å². The van der Waals surface area contributed by atoms with Gasteiger partial charge in [0.2, 0.25) is 0 Å². The largest absolute Gasteiger partial charge is 0.478 e. The van der Waals surface area contributed by atoms with Crippen molar-refractivity contribution < 1.29 is 19.4 Å². The molecule has 0 radical (unpaired) electrons. The third kappa shape index (κ3) is 3.90. The predicted octanol–water partition coefficient (Wildman–Crippen LogP) is 4.73. The van der Waals surface area contributed by atoms with Gasteiger partial charge in [-0.1, -0.05) is 25.1 Å². The van der Waals surface area contributed by atoms with Gasteiger partial charge in [0.25, 0.3) is 0 Å². The number of aromatic carboxylic acids is 1. The number of rotatable bonds is 6. The van der Waals surface area contributed by atoms with E-state index < -0.39 is 5.97 Å². The van der Waals surface area contributed by atoms with E-state index in [9.17, 15) is 14.7 Å². The van der Waals surface area contributed by atoms with Crippen LogP contribution in [0.1, 0.15) is 40.1 Å². The minimum Gasteiger partial charge on any atom is -0.478 e. The molecule has 2 N–H and O–H groups in total. The summed E-state index contributed by atoms with van der Waals surface area (Å²) < 4.78 is 5.02. The molecule has 2 aromatic carbocycles. The highest BCUT2D eigenvalue weighted by molar-refractivity contribution is 5.94. The minimum absolute atomic E-state index is 0.306. The zero-order chi connectivity index (χ0) is 22.0. The lowest BCUT2D eigenvalue weighted by Gasteiger charge is -2.07. The highest BCUT2D eigenvalue weighted by atomic mass is 16.5. The number of hydrogen-bond acceptors (Lipinski definition) is 5. The number of carbonyl (C=O) groups is 2. The van der Waals surface area contributed by atoms with Gasteiger partial charge in [-0.2, -0.15) is 5.10 Å². The lowest BCUT2D eigenvalue weighted by Crippen LogP contribution is -2.04. The van der Waals surface area contributed by atoms with Crippen LogP contribution < -0.4 is 0 Å². The molecule has 2 heterocycles. The number of aryl methyl sites for hydroxylation is 1. The first-order valence-corrected chi connectivity index (χ1v) is 10.0. The average Bonchev–Trinajstić information content (AvgIpc) is 3.22. The lowest BCUT2D eigenvalue weighted by molar-refractivity contribution is 0.0526. The summed E-state index contributed by atoms with van der Waals surface area (Å²) >= 11 is 0. The third-order valence-corrected chi connectivity index (χ3v) is 5.12. The molecular weight excluding hydrogens is 394 g/mol. The molecule has 4 rings (SSSR count). The van der Waals surface area contributed by atoms with Gasteiger partial charge in [0.15, 0.2) is 5.65 Å². The molecule has 156 valence electrons. The predicted molar refractivity (Wildman–Crippen MR) is 117 cm³/mol. The SMILES string of the molecule is CCOC(=O)c1ccc(-c2[nH]nc3nc(-c4ccc(C(=O)O)c(CC)c4)ccc23)cc1. The number of aromatic nitrogens is 3. The molecule has 4 aromatic rings. The highest BCUT2D eigenvalue weighted by Crippen LogP contribution is 2.29. The van der Waals surface area contributed by atoms with Gasteiger partial charge in [0.05, 0.1) is 29.1 Å². The molecule has 0 fully saturated rings. The van der Waals surface area contributed by atoms with Gasteiger partial charge in [-0.15, -0.1) is 0 Å². The van der Waals surface area contributed by atoms with E-state index in [1.165, 1.54) is 0 Å². The van der Waals surface area contributed by atoms with Crippen molar-refractivity contribution in [3.05, 3.63) is 71.3 Å². The molecule has 0 aliphatic rings. The van der Waals surface area contributed by atoms with Gasteiger partial charge in [-0.05, 0) is 55.3 Å². The number of pyridine rings is 1. The zero-order valence-corrected chi connectivity index (χ0v) is 17.2. The van der Waals surface area contributed by atoms with E-state index in [0.717, 1.165) is 33.5 Å². The Balaban J connectivity index is 1.67. The van der Waals surface area contributed by atoms with Gasteiger partial charge in [0, 0.05) is 16.5 Å². The van der Waals surface area contributed by atoms with Crippen LogP contribution in [0.2, 0.25) is 0 Å². The monoisotopic (exact) mass is 415 g/mol. The molecule has 2 aromatic heterocycles. The number of esters is 1. The molecule has 0 bridgehead atoms. The number of H-pyrrole nitrogens is 1. The Bertz CT molecular complexity index is 1280. The first-order chi connectivity index (χ1) is 15.0. The second-order valence-corrected chi connectivity index (χ2v) is 6.99. The van der Waals surface area contributed by atoms with Crippen molar-refractivity contribution in [2.45, 2.75) is 20.3 Å². The molecule has 0 aliphatic carbocycles. The molecule has 0 spiro atoms. The summed E-state index contributed by atoms with van der Waals surface area (Å²) in [5.41, 5.74) is 5.36. The smallest absolute Gasteiger partial charge is 0.338 e. The molecular formula is C24H21N3O4. The topological polar surface area (TPSA) is 105 Å². The van der Waals surface area contributed by atoms with Crippen molar-refractivity contribution in [3.8, 4) is 22.5 Å². The van der Waals surface area contributed by atoms with Crippen LogP contribution in [-0.4, -0.2) is 38.8 Å². The van der Waals surface area contributed by atoms with Crippen LogP contribution in [0.3, 0.4) is 0 Å². The number of nitrogens with one attached hydrogen (secondary N) is 1. The van der Waals surface area contributed by atoms with Crippen molar-refractivity contribution in [2.24, 2.45) is 0 Å². The Hall–Kier alpha value is -4.00. The van der Waals surface area contributed by atoms with E-state index >= 15 is 0 Å². The number of ether oxygens (including phenoxy) is 1. The van der Waals surface area contributed by atoms with Crippen molar-refractivity contribution >= 4 is 23.0 Å².